The first-order valence-corrected chi connectivity index (χ1v) is 7.29. The number of rotatable bonds is 4. The van der Waals surface area contributed by atoms with Crippen molar-refractivity contribution < 1.29 is 13.6 Å². The standard InChI is InChI=1S/C16H16F2N4O/c17-12-6-11(7-13(18)8-12)10-22-5-1-2-16(22,15(19)23)14-9-20-3-4-21-14/h3-4,6-9H,1-2,5,10H2,(H2,19,23). The number of nitrogens with zero attached hydrogens (tertiary/aromatic N) is 3. The molecule has 120 valence electrons. The van der Waals surface area contributed by atoms with Gasteiger partial charge in [0.2, 0.25) is 5.91 Å². The van der Waals surface area contributed by atoms with Gasteiger partial charge in [-0.1, -0.05) is 0 Å². The summed E-state index contributed by atoms with van der Waals surface area (Å²) in [6.45, 7) is 0.784. The first kappa shape index (κ1) is 15.5. The molecule has 2 aromatic rings. The molecule has 1 aliphatic heterocycles. The van der Waals surface area contributed by atoms with Gasteiger partial charge in [-0.2, -0.15) is 0 Å². The third kappa shape index (κ3) is 2.79. The monoisotopic (exact) mass is 318 g/mol. The van der Waals surface area contributed by atoms with E-state index < -0.39 is 23.1 Å². The zero-order valence-corrected chi connectivity index (χ0v) is 12.4. The van der Waals surface area contributed by atoms with E-state index in [0.29, 0.717) is 24.2 Å². The fourth-order valence-electron chi connectivity index (χ4n) is 3.22. The molecular weight excluding hydrogens is 302 g/mol. The molecule has 1 saturated heterocycles. The second kappa shape index (κ2) is 6.00. The van der Waals surface area contributed by atoms with Gasteiger partial charge in [-0.3, -0.25) is 19.7 Å². The van der Waals surface area contributed by atoms with Crippen molar-refractivity contribution in [2.24, 2.45) is 5.73 Å². The van der Waals surface area contributed by atoms with Gasteiger partial charge in [0.1, 0.15) is 17.2 Å². The van der Waals surface area contributed by atoms with E-state index in [0.717, 1.165) is 12.5 Å². The molecule has 1 atom stereocenters. The van der Waals surface area contributed by atoms with Crippen LogP contribution in [0.15, 0.2) is 36.8 Å². The maximum atomic E-state index is 13.4. The topological polar surface area (TPSA) is 72.1 Å². The van der Waals surface area contributed by atoms with E-state index in [-0.39, 0.29) is 6.54 Å². The van der Waals surface area contributed by atoms with Gasteiger partial charge in [0.15, 0.2) is 0 Å². The van der Waals surface area contributed by atoms with Gasteiger partial charge in [0.05, 0.1) is 11.9 Å². The Morgan fingerprint density at radius 3 is 2.61 bits per heavy atom. The van der Waals surface area contributed by atoms with Crippen LogP contribution in [0.3, 0.4) is 0 Å². The highest BCUT2D eigenvalue weighted by molar-refractivity contribution is 5.86. The minimum atomic E-state index is -1.10. The minimum Gasteiger partial charge on any atom is -0.368 e. The number of carbonyl (C=O) groups excluding carboxylic acids is 1. The Bertz CT molecular complexity index is 705. The highest BCUT2D eigenvalue weighted by Gasteiger charge is 2.48. The van der Waals surface area contributed by atoms with E-state index in [4.69, 9.17) is 5.73 Å². The molecule has 0 aliphatic carbocycles. The normalized spacial score (nSPS) is 21.5. The van der Waals surface area contributed by atoms with Crippen LogP contribution in [0.5, 0.6) is 0 Å². The van der Waals surface area contributed by atoms with Crippen LogP contribution in [0.2, 0.25) is 0 Å². The van der Waals surface area contributed by atoms with E-state index in [1.165, 1.54) is 30.7 Å². The molecule has 1 unspecified atom stereocenters. The van der Waals surface area contributed by atoms with E-state index in [2.05, 4.69) is 9.97 Å². The van der Waals surface area contributed by atoms with Gasteiger partial charge < -0.3 is 5.73 Å². The van der Waals surface area contributed by atoms with Gasteiger partial charge in [0, 0.05) is 25.0 Å². The summed E-state index contributed by atoms with van der Waals surface area (Å²) in [7, 11) is 0. The highest BCUT2D eigenvalue weighted by Crippen LogP contribution is 2.38. The molecule has 0 saturated carbocycles. The summed E-state index contributed by atoms with van der Waals surface area (Å²) >= 11 is 0. The van der Waals surface area contributed by atoms with E-state index in [9.17, 15) is 13.6 Å². The van der Waals surface area contributed by atoms with Gasteiger partial charge in [-0.25, -0.2) is 8.78 Å². The largest absolute Gasteiger partial charge is 0.368 e. The molecule has 7 heteroatoms. The second-order valence-electron chi connectivity index (χ2n) is 5.62. The zero-order valence-electron chi connectivity index (χ0n) is 12.4. The molecule has 2 heterocycles. The number of aromatic nitrogens is 2. The molecule has 0 radical (unpaired) electrons. The number of likely N-dealkylation sites (tertiary alicyclic amines) is 1. The molecule has 1 aromatic carbocycles. The third-order valence-electron chi connectivity index (χ3n) is 4.20. The van der Waals surface area contributed by atoms with Crippen molar-refractivity contribution in [2.75, 3.05) is 6.54 Å². The number of amides is 1. The number of halogens is 2. The van der Waals surface area contributed by atoms with E-state index in [1.807, 2.05) is 4.90 Å². The Balaban J connectivity index is 1.98. The molecule has 1 amide bonds. The molecule has 0 spiro atoms. The number of carbonyl (C=O) groups is 1. The third-order valence-corrected chi connectivity index (χ3v) is 4.20. The Morgan fingerprint density at radius 2 is 2.00 bits per heavy atom. The zero-order chi connectivity index (χ0) is 16.4. The molecule has 1 aliphatic rings. The molecular formula is C16H16F2N4O. The van der Waals surface area contributed by atoms with Crippen LogP contribution in [-0.4, -0.2) is 27.3 Å². The smallest absolute Gasteiger partial charge is 0.244 e. The maximum absolute atomic E-state index is 13.4. The molecule has 1 aromatic heterocycles. The van der Waals surface area contributed by atoms with Gasteiger partial charge in [0.25, 0.3) is 0 Å². The SMILES string of the molecule is NC(=O)C1(c2cnccn2)CCCN1Cc1cc(F)cc(F)c1. The van der Waals surface area contributed by atoms with E-state index in [1.54, 1.807) is 0 Å². The predicted octanol–water partition coefficient (Wildman–Crippen LogP) is 1.73. The molecule has 2 N–H and O–H groups in total. The summed E-state index contributed by atoms with van der Waals surface area (Å²) in [6, 6.07) is 3.32. The first-order valence-electron chi connectivity index (χ1n) is 7.29. The van der Waals surface area contributed by atoms with Crippen LogP contribution in [0.4, 0.5) is 8.78 Å². The fourth-order valence-corrected chi connectivity index (χ4v) is 3.22. The number of primary amides is 1. The van der Waals surface area contributed by atoms with Crippen LogP contribution >= 0.6 is 0 Å². The Labute approximate surface area is 132 Å². The number of hydrogen-bond acceptors (Lipinski definition) is 4. The number of nitrogens with two attached hydrogens (primary N) is 1. The van der Waals surface area contributed by atoms with Crippen molar-refractivity contribution in [1.82, 2.24) is 14.9 Å². The van der Waals surface area contributed by atoms with Crippen molar-refractivity contribution >= 4 is 5.91 Å². The van der Waals surface area contributed by atoms with Crippen LogP contribution in [0.1, 0.15) is 24.1 Å². The van der Waals surface area contributed by atoms with Crippen molar-refractivity contribution in [3.8, 4) is 0 Å². The number of benzene rings is 1. The summed E-state index contributed by atoms with van der Waals surface area (Å²) in [5.74, 6) is -1.83. The van der Waals surface area contributed by atoms with Crippen molar-refractivity contribution in [1.29, 1.82) is 0 Å². The molecule has 0 bridgehead atoms. The number of hydrogen-bond donors (Lipinski definition) is 1. The van der Waals surface area contributed by atoms with Crippen molar-refractivity contribution in [3.63, 3.8) is 0 Å². The highest BCUT2D eigenvalue weighted by atomic mass is 19.1. The lowest BCUT2D eigenvalue weighted by molar-refractivity contribution is -0.129. The van der Waals surface area contributed by atoms with Crippen LogP contribution in [-0.2, 0) is 16.9 Å². The average molecular weight is 318 g/mol. The van der Waals surface area contributed by atoms with Crippen LogP contribution < -0.4 is 5.73 Å². The summed E-state index contributed by atoms with van der Waals surface area (Å²) in [4.78, 5) is 22.3. The lowest BCUT2D eigenvalue weighted by Gasteiger charge is -2.35. The quantitative estimate of drug-likeness (QED) is 0.932. The Kier molecular flexibility index (Phi) is 4.04. The van der Waals surface area contributed by atoms with E-state index >= 15 is 0 Å². The van der Waals surface area contributed by atoms with Gasteiger partial charge >= 0.3 is 0 Å². The fraction of sp³-hybridized carbons (Fsp3) is 0.312. The minimum absolute atomic E-state index is 0.203. The average Bonchev–Trinajstić information content (AvgIpc) is 2.91. The summed E-state index contributed by atoms with van der Waals surface area (Å²) in [6.07, 6.45) is 5.75. The molecule has 23 heavy (non-hydrogen) atoms. The lowest BCUT2D eigenvalue weighted by atomic mass is 9.91. The second-order valence-corrected chi connectivity index (χ2v) is 5.62. The Morgan fingerprint density at radius 1 is 1.26 bits per heavy atom. The lowest BCUT2D eigenvalue weighted by Crippen LogP contribution is -2.51. The Hall–Kier alpha value is -2.41. The van der Waals surface area contributed by atoms with Crippen molar-refractivity contribution in [2.45, 2.75) is 24.9 Å². The summed E-state index contributed by atoms with van der Waals surface area (Å²) < 4.78 is 26.8. The van der Waals surface area contributed by atoms with Gasteiger partial charge in [-0.05, 0) is 37.1 Å². The van der Waals surface area contributed by atoms with Crippen LogP contribution in [0, 0.1) is 11.6 Å². The van der Waals surface area contributed by atoms with Gasteiger partial charge in [-0.15, -0.1) is 0 Å². The molecule has 5 nitrogen and oxygen atoms in total. The van der Waals surface area contributed by atoms with Crippen molar-refractivity contribution in [3.05, 3.63) is 59.7 Å². The summed E-state index contributed by atoms with van der Waals surface area (Å²) in [5.41, 5.74) is 5.48. The summed E-state index contributed by atoms with van der Waals surface area (Å²) in [5, 5.41) is 0. The van der Waals surface area contributed by atoms with Crippen LogP contribution in [0.25, 0.3) is 0 Å². The molecule has 3 rings (SSSR count). The predicted molar refractivity (Wildman–Crippen MR) is 78.9 cm³/mol. The molecule has 1 fully saturated rings. The maximum Gasteiger partial charge on any atom is 0.244 e. The first-order chi connectivity index (χ1) is 11.0.